The molecule has 2 atom stereocenters. The molecule has 0 saturated heterocycles. The van der Waals surface area contributed by atoms with E-state index in [-0.39, 0.29) is 11.8 Å². The minimum atomic E-state index is -0.915. The number of carboxylic acid groups (broad SMARTS) is 1. The van der Waals surface area contributed by atoms with E-state index >= 15 is 0 Å². The second kappa shape index (κ2) is 6.39. The molecule has 3 N–H and O–H groups in total. The van der Waals surface area contributed by atoms with Crippen LogP contribution in [0.25, 0.3) is 0 Å². The first-order valence-electron chi connectivity index (χ1n) is 6.90. The van der Waals surface area contributed by atoms with Gasteiger partial charge in [0.1, 0.15) is 0 Å². The number of rotatable bonds is 6. The molecule has 1 saturated carbocycles. The maximum Gasteiger partial charge on any atom is 0.307 e. The summed E-state index contributed by atoms with van der Waals surface area (Å²) in [6, 6.07) is 6.94. The van der Waals surface area contributed by atoms with E-state index in [1.165, 1.54) is 0 Å². The number of benzene rings is 1. The van der Waals surface area contributed by atoms with Gasteiger partial charge in [-0.25, -0.2) is 0 Å². The lowest BCUT2D eigenvalue weighted by Crippen LogP contribution is -2.26. The Morgan fingerprint density at radius 1 is 1.14 bits per heavy atom. The van der Waals surface area contributed by atoms with Crippen molar-refractivity contribution in [2.24, 2.45) is 11.8 Å². The Bertz CT molecular complexity index is 553. The Hall–Kier alpha value is -2.37. The predicted octanol–water partition coefficient (Wildman–Crippen LogP) is 0.773. The smallest absolute Gasteiger partial charge is 0.307 e. The van der Waals surface area contributed by atoms with Crippen LogP contribution in [0.1, 0.15) is 29.3 Å². The van der Waals surface area contributed by atoms with Crippen LogP contribution >= 0.6 is 0 Å². The summed E-state index contributed by atoms with van der Waals surface area (Å²) in [6.07, 6.45) is 0.414. The quantitative estimate of drug-likeness (QED) is 0.721. The Labute approximate surface area is 122 Å². The van der Waals surface area contributed by atoms with E-state index in [0.29, 0.717) is 25.1 Å². The summed E-state index contributed by atoms with van der Waals surface area (Å²) in [5.41, 5.74) is 1.43. The third-order valence-corrected chi connectivity index (χ3v) is 3.46. The minimum absolute atomic E-state index is 0.129. The number of amides is 2. The number of carbonyl (C=O) groups excluding carboxylic acids is 2. The summed E-state index contributed by atoms with van der Waals surface area (Å²) in [4.78, 5) is 34.0. The van der Waals surface area contributed by atoms with E-state index in [9.17, 15) is 14.4 Å². The van der Waals surface area contributed by atoms with Crippen LogP contribution < -0.4 is 10.6 Å². The molecule has 1 aliphatic rings. The third kappa shape index (κ3) is 3.81. The lowest BCUT2D eigenvalue weighted by Gasteiger charge is -2.06. The average Bonchev–Trinajstić information content (AvgIpc) is 3.26. The van der Waals surface area contributed by atoms with E-state index in [1.807, 2.05) is 6.92 Å². The van der Waals surface area contributed by atoms with Crippen molar-refractivity contribution in [2.45, 2.75) is 19.9 Å². The second-order valence-corrected chi connectivity index (χ2v) is 5.06. The molecule has 0 radical (unpaired) electrons. The number of carbonyl (C=O) groups is 3. The van der Waals surface area contributed by atoms with Gasteiger partial charge in [-0.1, -0.05) is 12.1 Å². The van der Waals surface area contributed by atoms with Crippen LogP contribution in [0.3, 0.4) is 0 Å². The molecule has 2 amide bonds. The summed E-state index contributed by atoms with van der Waals surface area (Å²) in [6.45, 7) is 2.75. The third-order valence-electron chi connectivity index (χ3n) is 3.46. The van der Waals surface area contributed by atoms with Gasteiger partial charge in [-0.15, -0.1) is 0 Å². The van der Waals surface area contributed by atoms with Crippen LogP contribution in [-0.2, 0) is 16.1 Å². The number of carboxylic acids is 1. The van der Waals surface area contributed by atoms with Crippen molar-refractivity contribution in [3.63, 3.8) is 0 Å². The highest BCUT2D eigenvalue weighted by Crippen LogP contribution is 2.38. The molecule has 2 rings (SSSR count). The zero-order valence-electron chi connectivity index (χ0n) is 11.8. The van der Waals surface area contributed by atoms with Crippen LogP contribution in [0.2, 0.25) is 0 Å². The predicted molar refractivity (Wildman–Crippen MR) is 75.5 cm³/mol. The van der Waals surface area contributed by atoms with Crippen molar-refractivity contribution in [3.8, 4) is 0 Å². The Morgan fingerprint density at radius 2 is 1.81 bits per heavy atom. The highest BCUT2D eigenvalue weighted by molar-refractivity contribution is 5.94. The SMILES string of the molecule is CCNC(=O)c1ccc(CNC(=O)C2CC2C(=O)O)cc1. The Kier molecular flexibility index (Phi) is 4.57. The first kappa shape index (κ1) is 15.0. The van der Waals surface area contributed by atoms with E-state index in [1.54, 1.807) is 24.3 Å². The number of hydrogen-bond donors (Lipinski definition) is 3. The average molecular weight is 290 g/mol. The Morgan fingerprint density at radius 3 is 2.33 bits per heavy atom. The fraction of sp³-hybridized carbons (Fsp3) is 0.400. The topological polar surface area (TPSA) is 95.5 Å². The molecule has 1 aromatic rings. The molecule has 2 unspecified atom stereocenters. The molecule has 6 nitrogen and oxygen atoms in total. The number of aliphatic carboxylic acids is 1. The molecule has 112 valence electrons. The normalized spacial score (nSPS) is 19.7. The Balaban J connectivity index is 1.83. The van der Waals surface area contributed by atoms with Crippen molar-refractivity contribution >= 4 is 17.8 Å². The van der Waals surface area contributed by atoms with Gasteiger partial charge < -0.3 is 15.7 Å². The maximum absolute atomic E-state index is 11.7. The summed E-state index contributed by atoms with van der Waals surface area (Å²) in [7, 11) is 0. The minimum Gasteiger partial charge on any atom is -0.481 e. The van der Waals surface area contributed by atoms with E-state index in [2.05, 4.69) is 10.6 Å². The molecular formula is C15H18N2O4. The molecule has 1 fully saturated rings. The summed E-state index contributed by atoms with van der Waals surface area (Å²) < 4.78 is 0. The molecule has 6 heteroatoms. The first-order valence-corrected chi connectivity index (χ1v) is 6.90. The molecule has 0 heterocycles. The van der Waals surface area contributed by atoms with E-state index in [0.717, 1.165) is 5.56 Å². The van der Waals surface area contributed by atoms with Gasteiger partial charge in [0.05, 0.1) is 11.8 Å². The molecule has 1 aromatic carbocycles. The van der Waals surface area contributed by atoms with Gasteiger partial charge in [-0.05, 0) is 31.0 Å². The molecule has 0 aromatic heterocycles. The van der Waals surface area contributed by atoms with E-state index in [4.69, 9.17) is 5.11 Å². The van der Waals surface area contributed by atoms with Crippen LogP contribution in [0.5, 0.6) is 0 Å². The maximum atomic E-state index is 11.7. The van der Waals surface area contributed by atoms with Gasteiger partial charge in [0, 0.05) is 18.7 Å². The van der Waals surface area contributed by atoms with Gasteiger partial charge in [0.25, 0.3) is 5.91 Å². The molecule has 21 heavy (non-hydrogen) atoms. The first-order chi connectivity index (χ1) is 10.0. The van der Waals surface area contributed by atoms with Crippen molar-refractivity contribution in [2.75, 3.05) is 6.54 Å². The fourth-order valence-electron chi connectivity index (χ4n) is 2.11. The van der Waals surface area contributed by atoms with Crippen LogP contribution in [-0.4, -0.2) is 29.4 Å². The molecule has 1 aliphatic carbocycles. The molecule has 0 aliphatic heterocycles. The van der Waals surface area contributed by atoms with Crippen LogP contribution in [0.4, 0.5) is 0 Å². The highest BCUT2D eigenvalue weighted by atomic mass is 16.4. The lowest BCUT2D eigenvalue weighted by molar-refractivity contribution is -0.140. The number of hydrogen-bond acceptors (Lipinski definition) is 3. The molecule has 0 bridgehead atoms. The second-order valence-electron chi connectivity index (χ2n) is 5.06. The summed E-state index contributed by atoms with van der Waals surface area (Å²) >= 11 is 0. The van der Waals surface area contributed by atoms with Crippen molar-refractivity contribution in [1.82, 2.24) is 10.6 Å². The van der Waals surface area contributed by atoms with Gasteiger partial charge in [0.2, 0.25) is 5.91 Å². The highest BCUT2D eigenvalue weighted by Gasteiger charge is 2.48. The largest absolute Gasteiger partial charge is 0.481 e. The van der Waals surface area contributed by atoms with Gasteiger partial charge in [0.15, 0.2) is 0 Å². The monoisotopic (exact) mass is 290 g/mol. The van der Waals surface area contributed by atoms with Crippen LogP contribution in [0, 0.1) is 11.8 Å². The standard InChI is InChI=1S/C15H18N2O4/c1-2-16-13(18)10-5-3-9(4-6-10)8-17-14(19)11-7-12(11)15(20)21/h3-6,11-12H,2,7-8H2,1H3,(H,16,18)(H,17,19)(H,20,21). The van der Waals surface area contributed by atoms with Gasteiger partial charge in [-0.2, -0.15) is 0 Å². The van der Waals surface area contributed by atoms with Gasteiger partial charge in [-0.3, -0.25) is 14.4 Å². The van der Waals surface area contributed by atoms with E-state index < -0.39 is 17.8 Å². The number of nitrogens with one attached hydrogen (secondary N) is 2. The zero-order valence-corrected chi connectivity index (χ0v) is 11.8. The van der Waals surface area contributed by atoms with Crippen LogP contribution in [0.15, 0.2) is 24.3 Å². The fourth-order valence-corrected chi connectivity index (χ4v) is 2.11. The zero-order chi connectivity index (χ0) is 15.4. The molecular weight excluding hydrogens is 272 g/mol. The molecule has 0 spiro atoms. The van der Waals surface area contributed by atoms with Crippen molar-refractivity contribution in [1.29, 1.82) is 0 Å². The summed E-state index contributed by atoms with van der Waals surface area (Å²) in [5.74, 6) is -2.21. The lowest BCUT2D eigenvalue weighted by atomic mass is 10.1. The summed E-state index contributed by atoms with van der Waals surface area (Å²) in [5, 5.41) is 14.2. The van der Waals surface area contributed by atoms with Crippen molar-refractivity contribution in [3.05, 3.63) is 35.4 Å². The van der Waals surface area contributed by atoms with Crippen molar-refractivity contribution < 1.29 is 19.5 Å². The van der Waals surface area contributed by atoms with Gasteiger partial charge >= 0.3 is 5.97 Å².